The van der Waals surface area contributed by atoms with Gasteiger partial charge in [0.05, 0.1) is 6.54 Å². The number of rotatable bonds is 7. The van der Waals surface area contributed by atoms with Gasteiger partial charge in [0.25, 0.3) is 0 Å². The van der Waals surface area contributed by atoms with Gasteiger partial charge in [0.1, 0.15) is 0 Å². The molecule has 1 aromatic rings. The van der Waals surface area contributed by atoms with Crippen LogP contribution in [-0.4, -0.2) is 43.5 Å². The molecule has 18 heavy (non-hydrogen) atoms. The zero-order chi connectivity index (χ0) is 12.8. The summed E-state index contributed by atoms with van der Waals surface area (Å²) in [4.78, 5) is 13.9. The molecular formula is C14H21N3O. The van der Waals surface area contributed by atoms with Crippen LogP contribution in [0.3, 0.4) is 0 Å². The van der Waals surface area contributed by atoms with Crippen LogP contribution < -0.4 is 10.6 Å². The van der Waals surface area contributed by atoms with Crippen molar-refractivity contribution in [1.29, 1.82) is 0 Å². The Bertz CT molecular complexity index is 376. The quantitative estimate of drug-likeness (QED) is 0.763. The minimum absolute atomic E-state index is 0.0445. The molecule has 1 aliphatic carbocycles. The average molecular weight is 247 g/mol. The fraction of sp³-hybridized carbons (Fsp3) is 0.500. The second kappa shape index (κ2) is 6.40. The van der Waals surface area contributed by atoms with Crippen LogP contribution in [0.5, 0.6) is 0 Å². The fourth-order valence-corrected chi connectivity index (χ4v) is 1.87. The molecule has 1 aromatic carbocycles. The number of nitrogens with one attached hydrogen (secondary N) is 2. The summed E-state index contributed by atoms with van der Waals surface area (Å²) < 4.78 is 0. The number of amides is 1. The van der Waals surface area contributed by atoms with E-state index in [0.717, 1.165) is 24.8 Å². The van der Waals surface area contributed by atoms with Gasteiger partial charge in [-0.05, 0) is 32.0 Å². The van der Waals surface area contributed by atoms with Crippen LogP contribution in [0.25, 0.3) is 0 Å². The van der Waals surface area contributed by atoms with Gasteiger partial charge in [-0.25, -0.2) is 0 Å². The first kappa shape index (κ1) is 12.9. The maximum atomic E-state index is 11.6. The Morgan fingerprint density at radius 3 is 2.72 bits per heavy atom. The molecule has 0 bridgehead atoms. The molecule has 0 saturated heterocycles. The van der Waals surface area contributed by atoms with Crippen molar-refractivity contribution >= 4 is 11.6 Å². The van der Waals surface area contributed by atoms with Gasteiger partial charge in [-0.3, -0.25) is 4.79 Å². The van der Waals surface area contributed by atoms with Crippen molar-refractivity contribution in [3.05, 3.63) is 30.3 Å². The first-order valence-electron chi connectivity index (χ1n) is 6.51. The van der Waals surface area contributed by atoms with Crippen molar-refractivity contribution in [3.63, 3.8) is 0 Å². The first-order chi connectivity index (χ1) is 8.75. The zero-order valence-electron chi connectivity index (χ0n) is 10.9. The standard InChI is InChI=1S/C14H21N3O/c1-17(13-7-8-13)10-9-15-14(18)11-16-12-5-3-2-4-6-12/h2-6,13,16H,7-11H2,1H3,(H,15,18). The molecule has 2 rings (SSSR count). The minimum atomic E-state index is 0.0445. The molecule has 4 heteroatoms. The van der Waals surface area contributed by atoms with Gasteiger partial charge in [0.2, 0.25) is 5.91 Å². The van der Waals surface area contributed by atoms with Gasteiger partial charge in [-0.1, -0.05) is 18.2 Å². The van der Waals surface area contributed by atoms with Crippen LogP contribution in [0.4, 0.5) is 5.69 Å². The summed E-state index contributed by atoms with van der Waals surface area (Å²) in [5.74, 6) is 0.0445. The lowest BCUT2D eigenvalue weighted by molar-refractivity contribution is -0.119. The van der Waals surface area contributed by atoms with Gasteiger partial charge in [-0.2, -0.15) is 0 Å². The summed E-state index contributed by atoms with van der Waals surface area (Å²) in [5, 5.41) is 6.02. The maximum absolute atomic E-state index is 11.6. The highest BCUT2D eigenvalue weighted by Gasteiger charge is 2.25. The number of likely N-dealkylation sites (N-methyl/N-ethyl adjacent to an activating group) is 1. The largest absolute Gasteiger partial charge is 0.376 e. The highest BCUT2D eigenvalue weighted by atomic mass is 16.1. The van der Waals surface area contributed by atoms with Crippen molar-refractivity contribution in [3.8, 4) is 0 Å². The van der Waals surface area contributed by atoms with Crippen molar-refractivity contribution in [2.75, 3.05) is 32.0 Å². The second-order valence-electron chi connectivity index (χ2n) is 4.78. The summed E-state index contributed by atoms with van der Waals surface area (Å²) in [7, 11) is 2.12. The van der Waals surface area contributed by atoms with Crippen molar-refractivity contribution in [1.82, 2.24) is 10.2 Å². The van der Waals surface area contributed by atoms with E-state index in [1.54, 1.807) is 0 Å². The predicted octanol–water partition coefficient (Wildman–Crippen LogP) is 1.31. The molecule has 1 fully saturated rings. The molecule has 2 N–H and O–H groups in total. The monoisotopic (exact) mass is 247 g/mol. The molecule has 0 radical (unpaired) electrons. The van der Waals surface area contributed by atoms with Gasteiger partial charge >= 0.3 is 0 Å². The normalized spacial score (nSPS) is 14.6. The number of hydrogen-bond acceptors (Lipinski definition) is 3. The number of benzene rings is 1. The summed E-state index contributed by atoms with van der Waals surface area (Å²) in [6.07, 6.45) is 2.61. The SMILES string of the molecule is CN(CCNC(=O)CNc1ccccc1)C1CC1. The molecule has 0 atom stereocenters. The number of carbonyl (C=O) groups excluding carboxylic acids is 1. The lowest BCUT2D eigenvalue weighted by Gasteiger charge is -2.15. The first-order valence-corrected chi connectivity index (χ1v) is 6.51. The highest BCUT2D eigenvalue weighted by molar-refractivity contribution is 5.80. The summed E-state index contributed by atoms with van der Waals surface area (Å²) in [6.45, 7) is 1.99. The molecule has 0 aromatic heterocycles. The number of para-hydroxylation sites is 1. The smallest absolute Gasteiger partial charge is 0.239 e. The van der Waals surface area contributed by atoms with Crippen LogP contribution in [0, 0.1) is 0 Å². The molecular weight excluding hydrogens is 226 g/mol. The van der Waals surface area contributed by atoms with Crippen molar-refractivity contribution in [2.45, 2.75) is 18.9 Å². The number of carbonyl (C=O) groups is 1. The van der Waals surface area contributed by atoms with Crippen LogP contribution in [0.2, 0.25) is 0 Å². The summed E-state index contributed by atoms with van der Waals surface area (Å²) in [5.41, 5.74) is 0.975. The Hall–Kier alpha value is -1.55. The fourth-order valence-electron chi connectivity index (χ4n) is 1.87. The minimum Gasteiger partial charge on any atom is -0.376 e. The van der Waals surface area contributed by atoms with Crippen molar-refractivity contribution < 1.29 is 4.79 Å². The number of nitrogens with zero attached hydrogens (tertiary/aromatic N) is 1. The molecule has 0 spiro atoms. The Morgan fingerprint density at radius 2 is 2.06 bits per heavy atom. The summed E-state index contributed by atoms with van der Waals surface area (Å²) in [6, 6.07) is 10.5. The molecule has 4 nitrogen and oxygen atoms in total. The molecule has 1 amide bonds. The molecule has 0 unspecified atom stereocenters. The van der Waals surface area contributed by atoms with E-state index in [9.17, 15) is 4.79 Å². The van der Waals surface area contributed by atoms with E-state index in [0.29, 0.717) is 6.54 Å². The van der Waals surface area contributed by atoms with E-state index in [2.05, 4.69) is 22.6 Å². The van der Waals surface area contributed by atoms with Gasteiger partial charge < -0.3 is 15.5 Å². The second-order valence-corrected chi connectivity index (χ2v) is 4.78. The number of hydrogen-bond donors (Lipinski definition) is 2. The van der Waals surface area contributed by atoms with Gasteiger partial charge in [-0.15, -0.1) is 0 Å². The van der Waals surface area contributed by atoms with E-state index in [4.69, 9.17) is 0 Å². The van der Waals surface area contributed by atoms with E-state index in [1.165, 1.54) is 12.8 Å². The van der Waals surface area contributed by atoms with Crippen molar-refractivity contribution in [2.24, 2.45) is 0 Å². The number of anilines is 1. The lowest BCUT2D eigenvalue weighted by atomic mass is 10.3. The Labute approximate surface area is 108 Å². The molecule has 0 heterocycles. The van der Waals surface area contributed by atoms with E-state index in [-0.39, 0.29) is 5.91 Å². The molecule has 1 saturated carbocycles. The predicted molar refractivity (Wildman–Crippen MR) is 73.6 cm³/mol. The maximum Gasteiger partial charge on any atom is 0.239 e. The zero-order valence-corrected chi connectivity index (χ0v) is 10.9. The third kappa shape index (κ3) is 4.37. The summed E-state index contributed by atoms with van der Waals surface area (Å²) >= 11 is 0. The van der Waals surface area contributed by atoms with Gasteiger partial charge in [0, 0.05) is 24.8 Å². The molecule has 0 aliphatic heterocycles. The van der Waals surface area contributed by atoms with Crippen LogP contribution >= 0.6 is 0 Å². The third-order valence-corrected chi connectivity index (χ3v) is 3.18. The topological polar surface area (TPSA) is 44.4 Å². The molecule has 98 valence electrons. The van der Waals surface area contributed by atoms with Crippen LogP contribution in [0.1, 0.15) is 12.8 Å². The van der Waals surface area contributed by atoms with Crippen LogP contribution in [-0.2, 0) is 4.79 Å². The highest BCUT2D eigenvalue weighted by Crippen LogP contribution is 2.24. The van der Waals surface area contributed by atoms with Crippen LogP contribution in [0.15, 0.2) is 30.3 Å². The van der Waals surface area contributed by atoms with E-state index >= 15 is 0 Å². The Balaban J connectivity index is 1.57. The Morgan fingerprint density at radius 1 is 1.33 bits per heavy atom. The third-order valence-electron chi connectivity index (χ3n) is 3.18. The van der Waals surface area contributed by atoms with E-state index in [1.807, 2.05) is 30.3 Å². The Kier molecular flexibility index (Phi) is 4.59. The molecule has 1 aliphatic rings. The lowest BCUT2D eigenvalue weighted by Crippen LogP contribution is -2.36. The van der Waals surface area contributed by atoms with E-state index < -0.39 is 0 Å². The average Bonchev–Trinajstić information content (AvgIpc) is 3.22. The van der Waals surface area contributed by atoms with Gasteiger partial charge in [0.15, 0.2) is 0 Å².